The number of nitrogens with zero attached hydrogens (tertiary/aromatic N) is 3. The predicted molar refractivity (Wildman–Crippen MR) is 139 cm³/mol. The number of hydrogen-bond acceptors (Lipinski definition) is 8. The smallest absolute Gasteiger partial charge is 0.233 e. The van der Waals surface area contributed by atoms with Crippen molar-refractivity contribution in [1.82, 2.24) is 9.88 Å². The zero-order valence-electron chi connectivity index (χ0n) is 19.7. The fourth-order valence-corrected chi connectivity index (χ4v) is 5.88. The SMILES string of the molecule is COc1ccc(Cl)c2sc(N(CCCN3CCOCC3)C(=O)Cc3ccc(S(C)(=O)=O)cc3)nc12. The number of thiazole rings is 1. The van der Waals surface area contributed by atoms with Crippen molar-refractivity contribution in [1.29, 1.82) is 0 Å². The normalized spacial score (nSPS) is 14.8. The number of anilines is 1. The molecule has 11 heteroatoms. The molecule has 0 radical (unpaired) electrons. The van der Waals surface area contributed by atoms with Crippen molar-refractivity contribution in [2.24, 2.45) is 0 Å². The predicted octanol–water partition coefficient (Wildman–Crippen LogP) is 3.66. The lowest BCUT2D eigenvalue weighted by molar-refractivity contribution is -0.118. The van der Waals surface area contributed by atoms with Crippen LogP contribution < -0.4 is 9.64 Å². The van der Waals surface area contributed by atoms with Crippen molar-refractivity contribution in [2.75, 3.05) is 57.7 Å². The Kier molecular flexibility index (Phi) is 8.28. The van der Waals surface area contributed by atoms with Crippen LogP contribution >= 0.6 is 22.9 Å². The molecule has 2 aromatic carbocycles. The largest absolute Gasteiger partial charge is 0.494 e. The summed E-state index contributed by atoms with van der Waals surface area (Å²) < 4.78 is 35.2. The Labute approximate surface area is 214 Å². The monoisotopic (exact) mass is 537 g/mol. The highest BCUT2D eigenvalue weighted by Crippen LogP contribution is 2.39. The van der Waals surface area contributed by atoms with Crippen LogP contribution in [-0.2, 0) is 25.8 Å². The lowest BCUT2D eigenvalue weighted by atomic mass is 10.1. The van der Waals surface area contributed by atoms with Gasteiger partial charge in [0.25, 0.3) is 0 Å². The highest BCUT2D eigenvalue weighted by molar-refractivity contribution is 7.90. The number of benzene rings is 2. The van der Waals surface area contributed by atoms with Gasteiger partial charge in [-0.2, -0.15) is 0 Å². The van der Waals surface area contributed by atoms with Crippen molar-refractivity contribution in [2.45, 2.75) is 17.7 Å². The van der Waals surface area contributed by atoms with Gasteiger partial charge in [-0.3, -0.25) is 14.6 Å². The number of aromatic nitrogens is 1. The Hall–Kier alpha value is -2.24. The average Bonchev–Trinajstić information content (AvgIpc) is 3.28. The number of sulfone groups is 1. The van der Waals surface area contributed by atoms with Gasteiger partial charge < -0.3 is 9.47 Å². The first kappa shape index (κ1) is 25.8. The first-order valence-corrected chi connectivity index (χ1v) is 14.4. The van der Waals surface area contributed by atoms with Crippen LogP contribution in [0.25, 0.3) is 10.2 Å². The number of hydrogen-bond donors (Lipinski definition) is 0. The quantitative estimate of drug-likeness (QED) is 0.411. The van der Waals surface area contributed by atoms with Crippen molar-refractivity contribution >= 4 is 54.0 Å². The lowest BCUT2D eigenvalue weighted by Crippen LogP contribution is -2.39. The van der Waals surface area contributed by atoms with Crippen LogP contribution in [0.2, 0.25) is 5.02 Å². The van der Waals surface area contributed by atoms with E-state index in [2.05, 4.69) is 4.90 Å². The second-order valence-electron chi connectivity index (χ2n) is 8.37. The minimum atomic E-state index is -3.30. The topological polar surface area (TPSA) is 89.0 Å². The van der Waals surface area contributed by atoms with E-state index in [4.69, 9.17) is 26.1 Å². The van der Waals surface area contributed by atoms with Crippen molar-refractivity contribution < 1.29 is 22.7 Å². The van der Waals surface area contributed by atoms with Gasteiger partial charge in [0, 0.05) is 32.4 Å². The first-order chi connectivity index (χ1) is 16.8. The van der Waals surface area contributed by atoms with E-state index in [9.17, 15) is 13.2 Å². The lowest BCUT2D eigenvalue weighted by Gasteiger charge is -2.27. The molecule has 1 amide bonds. The Morgan fingerprint density at radius 1 is 1.20 bits per heavy atom. The summed E-state index contributed by atoms with van der Waals surface area (Å²) in [5.74, 6) is 0.484. The van der Waals surface area contributed by atoms with Crippen LogP contribution in [-0.4, -0.2) is 77.0 Å². The fraction of sp³-hybridized carbons (Fsp3) is 0.417. The number of amides is 1. The molecule has 188 valence electrons. The van der Waals surface area contributed by atoms with Crippen LogP contribution in [0.1, 0.15) is 12.0 Å². The fourth-order valence-electron chi connectivity index (χ4n) is 3.95. The molecule has 0 unspecified atom stereocenters. The number of ether oxygens (including phenoxy) is 2. The Morgan fingerprint density at radius 2 is 1.91 bits per heavy atom. The maximum atomic E-state index is 13.5. The molecule has 0 spiro atoms. The van der Waals surface area contributed by atoms with Crippen LogP contribution in [0.5, 0.6) is 5.75 Å². The van der Waals surface area contributed by atoms with Gasteiger partial charge in [-0.25, -0.2) is 13.4 Å². The molecule has 1 fully saturated rings. The molecule has 0 N–H and O–H groups in total. The molecule has 0 saturated carbocycles. The van der Waals surface area contributed by atoms with Crippen molar-refractivity contribution in [3.63, 3.8) is 0 Å². The number of fused-ring (bicyclic) bond motifs is 1. The van der Waals surface area contributed by atoms with E-state index in [1.165, 1.54) is 23.5 Å². The molecule has 8 nitrogen and oxygen atoms in total. The van der Waals surface area contributed by atoms with Gasteiger partial charge in [-0.1, -0.05) is 35.1 Å². The Balaban J connectivity index is 1.57. The maximum absolute atomic E-state index is 13.5. The minimum Gasteiger partial charge on any atom is -0.494 e. The molecule has 0 aliphatic carbocycles. The average molecular weight is 538 g/mol. The number of rotatable bonds is 9. The molecule has 4 rings (SSSR count). The summed E-state index contributed by atoms with van der Waals surface area (Å²) in [4.78, 5) is 22.4. The van der Waals surface area contributed by atoms with Crippen molar-refractivity contribution in [3.05, 3.63) is 47.0 Å². The first-order valence-electron chi connectivity index (χ1n) is 11.3. The zero-order chi connectivity index (χ0) is 25.0. The summed E-state index contributed by atoms with van der Waals surface area (Å²) in [6.07, 6.45) is 2.07. The van der Waals surface area contributed by atoms with Gasteiger partial charge >= 0.3 is 0 Å². The van der Waals surface area contributed by atoms with E-state index in [-0.39, 0.29) is 17.2 Å². The van der Waals surface area contributed by atoms with E-state index >= 15 is 0 Å². The molecule has 3 aromatic rings. The summed E-state index contributed by atoms with van der Waals surface area (Å²) in [7, 11) is -1.72. The molecule has 1 saturated heterocycles. The van der Waals surface area contributed by atoms with Gasteiger partial charge in [-0.05, 0) is 36.2 Å². The van der Waals surface area contributed by atoms with Crippen LogP contribution in [0.4, 0.5) is 5.13 Å². The van der Waals surface area contributed by atoms with Gasteiger partial charge in [0.05, 0.1) is 41.4 Å². The number of morpholine rings is 1. The number of halogens is 1. The summed E-state index contributed by atoms with van der Waals surface area (Å²) in [6.45, 7) is 4.57. The molecule has 35 heavy (non-hydrogen) atoms. The van der Waals surface area contributed by atoms with Crippen molar-refractivity contribution in [3.8, 4) is 5.75 Å². The van der Waals surface area contributed by atoms with Gasteiger partial charge in [0.2, 0.25) is 5.91 Å². The number of methoxy groups -OCH3 is 1. The molecule has 0 bridgehead atoms. The third kappa shape index (κ3) is 6.31. The highest BCUT2D eigenvalue weighted by Gasteiger charge is 2.23. The molecular formula is C24H28ClN3O5S2. The molecule has 1 aliphatic rings. The van der Waals surface area contributed by atoms with Crippen LogP contribution in [0.15, 0.2) is 41.3 Å². The Bertz CT molecular complexity index is 1290. The van der Waals surface area contributed by atoms with E-state index in [1.54, 1.807) is 36.3 Å². The molecule has 0 atom stereocenters. The second kappa shape index (κ2) is 11.2. The third-order valence-electron chi connectivity index (χ3n) is 5.87. The molecule has 1 aromatic heterocycles. The standard InChI is InChI=1S/C24H28ClN3O5S2/c1-32-20-9-8-19(25)23-22(20)26-24(34-23)28(11-3-10-27-12-14-33-15-13-27)21(29)16-17-4-6-18(7-5-17)35(2,30)31/h4-9H,3,10-16H2,1-2H3. The highest BCUT2D eigenvalue weighted by atomic mass is 35.5. The maximum Gasteiger partial charge on any atom is 0.233 e. The Morgan fingerprint density at radius 3 is 2.57 bits per heavy atom. The zero-order valence-corrected chi connectivity index (χ0v) is 22.1. The summed E-state index contributed by atoms with van der Waals surface area (Å²) >= 11 is 7.78. The second-order valence-corrected chi connectivity index (χ2v) is 11.8. The molecule has 1 aliphatic heterocycles. The molecule has 2 heterocycles. The van der Waals surface area contributed by atoms with E-state index in [0.29, 0.717) is 28.0 Å². The number of carbonyl (C=O) groups excluding carboxylic acids is 1. The van der Waals surface area contributed by atoms with Crippen LogP contribution in [0.3, 0.4) is 0 Å². The molecular weight excluding hydrogens is 510 g/mol. The summed E-state index contributed by atoms with van der Waals surface area (Å²) in [5.41, 5.74) is 1.36. The van der Waals surface area contributed by atoms with E-state index < -0.39 is 9.84 Å². The summed E-state index contributed by atoms with van der Waals surface area (Å²) in [5, 5.41) is 1.12. The summed E-state index contributed by atoms with van der Waals surface area (Å²) in [6, 6.07) is 9.95. The minimum absolute atomic E-state index is 0.117. The van der Waals surface area contributed by atoms with Gasteiger partial charge in [0.15, 0.2) is 15.0 Å². The van der Waals surface area contributed by atoms with Gasteiger partial charge in [0.1, 0.15) is 11.3 Å². The number of carbonyl (C=O) groups is 1. The van der Waals surface area contributed by atoms with Gasteiger partial charge in [-0.15, -0.1) is 0 Å². The van der Waals surface area contributed by atoms with E-state index in [1.807, 2.05) is 0 Å². The van der Waals surface area contributed by atoms with E-state index in [0.717, 1.165) is 55.8 Å². The van der Waals surface area contributed by atoms with Crippen LogP contribution in [0, 0.1) is 0 Å². The third-order valence-corrected chi connectivity index (χ3v) is 8.53.